The predicted octanol–water partition coefficient (Wildman–Crippen LogP) is 4.30. The normalized spacial score (nSPS) is 14.0. The molecule has 0 amide bonds. The Bertz CT molecular complexity index is 622. The van der Waals surface area contributed by atoms with Crippen molar-refractivity contribution in [3.63, 3.8) is 0 Å². The molecule has 0 aliphatic carbocycles. The average molecular weight is 340 g/mol. The number of hydrogen-bond donors (Lipinski definition) is 1. The Morgan fingerprint density at radius 2 is 1.33 bits per heavy atom. The molecule has 24 heavy (non-hydrogen) atoms. The summed E-state index contributed by atoms with van der Waals surface area (Å²) in [5.74, 6) is 1.22. The van der Waals surface area contributed by atoms with Gasteiger partial charge in [0.25, 0.3) is 0 Å². The van der Waals surface area contributed by atoms with Gasteiger partial charge in [0.15, 0.2) is 5.60 Å². The van der Waals surface area contributed by atoms with Crippen LogP contribution in [0, 0.1) is 0 Å². The lowest BCUT2D eigenvalue weighted by Crippen LogP contribution is -2.39. The second-order valence-electron chi connectivity index (χ2n) is 5.46. The van der Waals surface area contributed by atoms with Crippen LogP contribution in [0.2, 0.25) is 0 Å². The lowest BCUT2D eigenvalue weighted by molar-refractivity contribution is -0.258. The monoisotopic (exact) mass is 340 g/mol. The molecule has 0 saturated carbocycles. The van der Waals surface area contributed by atoms with Crippen LogP contribution in [0.4, 0.5) is 13.2 Å². The largest absolute Gasteiger partial charge is 0.493 e. The van der Waals surface area contributed by atoms with Crippen molar-refractivity contribution in [3.8, 4) is 11.5 Å². The summed E-state index contributed by atoms with van der Waals surface area (Å²) >= 11 is 0. The minimum absolute atomic E-state index is 0.227. The van der Waals surface area contributed by atoms with Gasteiger partial charge in [0.1, 0.15) is 11.5 Å². The number of benzene rings is 2. The molecule has 0 spiro atoms. The first-order valence-electron chi connectivity index (χ1n) is 7.51. The molecule has 1 atom stereocenters. The quantitative estimate of drug-likeness (QED) is 0.764. The van der Waals surface area contributed by atoms with Gasteiger partial charge >= 0.3 is 6.18 Å². The van der Waals surface area contributed by atoms with Gasteiger partial charge in [0.05, 0.1) is 13.2 Å². The number of alkyl halides is 3. The SMILES string of the molecule is C[C@@](O)(c1ccc(OCCCOc2ccccc2)cc1)C(F)(F)F. The minimum atomic E-state index is -4.73. The Labute approximate surface area is 138 Å². The third-order valence-corrected chi connectivity index (χ3v) is 3.54. The van der Waals surface area contributed by atoms with Gasteiger partial charge in [-0.3, -0.25) is 0 Å². The molecule has 0 fully saturated rings. The van der Waals surface area contributed by atoms with Crippen LogP contribution in [-0.4, -0.2) is 24.5 Å². The first kappa shape index (κ1) is 18.1. The summed E-state index contributed by atoms with van der Waals surface area (Å²) in [6.07, 6.45) is -4.10. The van der Waals surface area contributed by atoms with Crippen LogP contribution >= 0.6 is 0 Å². The van der Waals surface area contributed by atoms with E-state index in [0.29, 0.717) is 25.4 Å². The Kier molecular flexibility index (Phi) is 5.72. The number of hydrogen-bond acceptors (Lipinski definition) is 3. The van der Waals surface area contributed by atoms with Gasteiger partial charge in [-0.2, -0.15) is 13.2 Å². The summed E-state index contributed by atoms with van der Waals surface area (Å²) in [4.78, 5) is 0. The van der Waals surface area contributed by atoms with Gasteiger partial charge in [-0.15, -0.1) is 0 Å². The first-order chi connectivity index (χ1) is 11.3. The van der Waals surface area contributed by atoms with Crippen LogP contribution in [0.5, 0.6) is 11.5 Å². The summed E-state index contributed by atoms with van der Waals surface area (Å²) in [7, 11) is 0. The van der Waals surface area contributed by atoms with E-state index < -0.39 is 11.8 Å². The van der Waals surface area contributed by atoms with Gasteiger partial charge in [0, 0.05) is 6.42 Å². The van der Waals surface area contributed by atoms with Crippen LogP contribution < -0.4 is 9.47 Å². The maximum atomic E-state index is 12.8. The highest BCUT2D eigenvalue weighted by Crippen LogP contribution is 2.38. The van der Waals surface area contributed by atoms with Crippen molar-refractivity contribution in [2.45, 2.75) is 25.1 Å². The van der Waals surface area contributed by atoms with Crippen molar-refractivity contribution in [2.24, 2.45) is 0 Å². The molecular formula is C18H19F3O3. The average Bonchev–Trinajstić information content (AvgIpc) is 2.55. The number of halogens is 3. The van der Waals surface area contributed by atoms with Gasteiger partial charge in [-0.1, -0.05) is 30.3 Å². The van der Waals surface area contributed by atoms with Crippen LogP contribution in [-0.2, 0) is 5.60 Å². The van der Waals surface area contributed by atoms with Crippen molar-refractivity contribution in [2.75, 3.05) is 13.2 Å². The Morgan fingerprint density at radius 1 is 0.833 bits per heavy atom. The van der Waals surface area contributed by atoms with Crippen LogP contribution in [0.15, 0.2) is 54.6 Å². The van der Waals surface area contributed by atoms with Crippen LogP contribution in [0.1, 0.15) is 18.9 Å². The van der Waals surface area contributed by atoms with E-state index in [9.17, 15) is 18.3 Å². The van der Waals surface area contributed by atoms with Gasteiger partial charge in [0.2, 0.25) is 0 Å². The molecule has 2 aromatic carbocycles. The zero-order valence-corrected chi connectivity index (χ0v) is 13.2. The van der Waals surface area contributed by atoms with Crippen LogP contribution in [0.25, 0.3) is 0 Å². The number of para-hydroxylation sites is 1. The summed E-state index contributed by atoms with van der Waals surface area (Å²) in [6.45, 7) is 1.58. The van der Waals surface area contributed by atoms with Crippen molar-refractivity contribution in [3.05, 3.63) is 60.2 Å². The van der Waals surface area contributed by atoms with Crippen molar-refractivity contribution < 1.29 is 27.8 Å². The highest BCUT2D eigenvalue weighted by Gasteiger charge is 2.51. The molecule has 0 saturated heterocycles. The predicted molar refractivity (Wildman–Crippen MR) is 84.1 cm³/mol. The molecule has 2 rings (SSSR count). The first-order valence-corrected chi connectivity index (χ1v) is 7.51. The zero-order chi connectivity index (χ0) is 17.6. The minimum Gasteiger partial charge on any atom is -0.493 e. The van der Waals surface area contributed by atoms with E-state index in [1.807, 2.05) is 30.3 Å². The highest BCUT2D eigenvalue weighted by atomic mass is 19.4. The smallest absolute Gasteiger partial charge is 0.421 e. The fourth-order valence-electron chi connectivity index (χ4n) is 2.00. The molecule has 6 heteroatoms. The number of rotatable bonds is 7. The molecule has 0 unspecified atom stereocenters. The van der Waals surface area contributed by atoms with Crippen LogP contribution in [0.3, 0.4) is 0 Å². The summed E-state index contributed by atoms with van der Waals surface area (Å²) < 4.78 is 49.2. The highest BCUT2D eigenvalue weighted by molar-refractivity contribution is 5.31. The molecule has 0 aromatic heterocycles. The van der Waals surface area contributed by atoms with E-state index in [4.69, 9.17) is 9.47 Å². The Morgan fingerprint density at radius 3 is 1.83 bits per heavy atom. The number of ether oxygens (including phenoxy) is 2. The van der Waals surface area contributed by atoms with E-state index in [2.05, 4.69) is 0 Å². The lowest BCUT2D eigenvalue weighted by atomic mass is 9.95. The second-order valence-corrected chi connectivity index (χ2v) is 5.46. The van der Waals surface area contributed by atoms with E-state index >= 15 is 0 Å². The van der Waals surface area contributed by atoms with Gasteiger partial charge in [-0.05, 0) is 36.8 Å². The molecule has 130 valence electrons. The molecule has 0 bridgehead atoms. The molecule has 2 aromatic rings. The fraction of sp³-hybridized carbons (Fsp3) is 0.333. The topological polar surface area (TPSA) is 38.7 Å². The zero-order valence-electron chi connectivity index (χ0n) is 13.2. The van der Waals surface area contributed by atoms with Crippen molar-refractivity contribution in [1.82, 2.24) is 0 Å². The third kappa shape index (κ3) is 4.64. The molecular weight excluding hydrogens is 321 g/mol. The summed E-state index contributed by atoms with van der Waals surface area (Å²) in [5, 5.41) is 9.59. The summed E-state index contributed by atoms with van der Waals surface area (Å²) in [6, 6.07) is 14.6. The van der Waals surface area contributed by atoms with E-state index in [1.54, 1.807) is 0 Å². The second kappa shape index (κ2) is 7.57. The molecule has 1 N–H and O–H groups in total. The standard InChI is InChI=1S/C18H19F3O3/c1-17(22,18(19,20)21)14-8-10-16(11-9-14)24-13-5-12-23-15-6-3-2-4-7-15/h2-4,6-11,22H,5,12-13H2,1H3/t17-/m1/s1. The molecule has 3 nitrogen and oxygen atoms in total. The molecule has 0 aliphatic rings. The third-order valence-electron chi connectivity index (χ3n) is 3.54. The van der Waals surface area contributed by atoms with E-state index in [0.717, 1.165) is 12.7 Å². The molecule has 0 aliphatic heterocycles. The van der Waals surface area contributed by atoms with Crippen molar-refractivity contribution >= 4 is 0 Å². The Hall–Kier alpha value is -2.21. The fourth-order valence-corrected chi connectivity index (χ4v) is 2.00. The van der Waals surface area contributed by atoms with E-state index in [-0.39, 0.29) is 5.56 Å². The summed E-state index contributed by atoms with van der Waals surface area (Å²) in [5.41, 5.74) is -3.11. The van der Waals surface area contributed by atoms with Crippen molar-refractivity contribution in [1.29, 1.82) is 0 Å². The van der Waals surface area contributed by atoms with Gasteiger partial charge < -0.3 is 14.6 Å². The molecule has 0 heterocycles. The maximum Gasteiger partial charge on any atom is 0.421 e. The lowest BCUT2D eigenvalue weighted by Gasteiger charge is -2.26. The number of aliphatic hydroxyl groups is 1. The van der Waals surface area contributed by atoms with Gasteiger partial charge in [-0.25, -0.2) is 0 Å². The Balaban J connectivity index is 1.78. The molecule has 0 radical (unpaired) electrons. The maximum absolute atomic E-state index is 12.8. The van der Waals surface area contributed by atoms with E-state index in [1.165, 1.54) is 24.3 Å².